The SMILES string of the molecule is Cc1ccc2c(c1)c1ccccc1n2-c1ccc2oc3ccc(-c4cccc(-n5c6ccccc6c6cc(C(C)C)ccc65)c4)cc3c2c1. The second-order valence-corrected chi connectivity index (χ2v) is 13.7. The van der Waals surface area contributed by atoms with E-state index in [1.807, 2.05) is 0 Å². The first-order valence-electron chi connectivity index (χ1n) is 17.1. The van der Waals surface area contributed by atoms with Gasteiger partial charge in [0.05, 0.1) is 22.1 Å². The van der Waals surface area contributed by atoms with Crippen molar-refractivity contribution in [2.24, 2.45) is 0 Å². The molecule has 3 nitrogen and oxygen atoms in total. The fourth-order valence-corrected chi connectivity index (χ4v) is 7.90. The molecule has 0 spiro atoms. The van der Waals surface area contributed by atoms with E-state index < -0.39 is 0 Å². The molecule has 0 aliphatic rings. The molecule has 0 N–H and O–H groups in total. The largest absolute Gasteiger partial charge is 0.456 e. The first-order valence-corrected chi connectivity index (χ1v) is 17.1. The molecule has 0 atom stereocenters. The van der Waals surface area contributed by atoms with E-state index in [1.54, 1.807) is 0 Å². The second-order valence-electron chi connectivity index (χ2n) is 13.7. The van der Waals surface area contributed by atoms with Gasteiger partial charge in [0.2, 0.25) is 0 Å². The van der Waals surface area contributed by atoms with Crippen molar-refractivity contribution < 1.29 is 4.42 Å². The number of furan rings is 1. The Hall–Kier alpha value is -6.06. The van der Waals surface area contributed by atoms with Crippen molar-refractivity contribution >= 4 is 65.6 Å². The van der Waals surface area contributed by atoms with Crippen LogP contribution >= 0.6 is 0 Å². The second kappa shape index (κ2) is 10.5. The monoisotopic (exact) mass is 630 g/mol. The van der Waals surface area contributed by atoms with Crippen LogP contribution in [0.4, 0.5) is 0 Å². The summed E-state index contributed by atoms with van der Waals surface area (Å²) in [6.45, 7) is 6.68. The maximum atomic E-state index is 6.40. The van der Waals surface area contributed by atoms with Crippen molar-refractivity contribution in [1.82, 2.24) is 9.13 Å². The molecule has 49 heavy (non-hydrogen) atoms. The van der Waals surface area contributed by atoms with Crippen LogP contribution in [0.15, 0.2) is 150 Å². The highest BCUT2D eigenvalue weighted by Gasteiger charge is 2.17. The molecule has 3 heterocycles. The van der Waals surface area contributed by atoms with E-state index in [4.69, 9.17) is 4.42 Å². The molecule has 0 radical (unpaired) electrons. The molecule has 0 bridgehead atoms. The summed E-state index contributed by atoms with van der Waals surface area (Å²) in [5, 5.41) is 7.36. The smallest absolute Gasteiger partial charge is 0.135 e. The van der Waals surface area contributed by atoms with E-state index in [0.29, 0.717) is 5.92 Å². The number of aromatic nitrogens is 2. The Kier molecular flexibility index (Phi) is 5.98. The lowest BCUT2D eigenvalue weighted by Crippen LogP contribution is -1.95. The van der Waals surface area contributed by atoms with Crippen LogP contribution < -0.4 is 0 Å². The van der Waals surface area contributed by atoms with Gasteiger partial charge >= 0.3 is 0 Å². The summed E-state index contributed by atoms with van der Waals surface area (Å²) in [5.74, 6) is 0.478. The van der Waals surface area contributed by atoms with Crippen LogP contribution in [0.5, 0.6) is 0 Å². The Morgan fingerprint density at radius 3 is 1.76 bits per heavy atom. The summed E-state index contributed by atoms with van der Waals surface area (Å²) in [4.78, 5) is 0. The Morgan fingerprint density at radius 1 is 0.429 bits per heavy atom. The molecule has 0 saturated carbocycles. The summed E-state index contributed by atoms with van der Waals surface area (Å²) in [6.07, 6.45) is 0. The zero-order valence-electron chi connectivity index (χ0n) is 27.7. The van der Waals surface area contributed by atoms with E-state index in [0.717, 1.165) is 38.9 Å². The maximum Gasteiger partial charge on any atom is 0.135 e. The minimum Gasteiger partial charge on any atom is -0.456 e. The highest BCUT2D eigenvalue weighted by molar-refractivity contribution is 6.12. The summed E-state index contributed by atoms with van der Waals surface area (Å²) >= 11 is 0. The van der Waals surface area contributed by atoms with Crippen molar-refractivity contribution in [3.05, 3.63) is 157 Å². The Morgan fingerprint density at radius 2 is 1.02 bits per heavy atom. The molecule has 10 rings (SSSR count). The third-order valence-electron chi connectivity index (χ3n) is 10.3. The fraction of sp³-hybridized carbons (Fsp3) is 0.0870. The number of fused-ring (bicyclic) bond motifs is 9. The summed E-state index contributed by atoms with van der Waals surface area (Å²) < 4.78 is 11.2. The predicted octanol–water partition coefficient (Wildman–Crippen LogP) is 12.9. The summed E-state index contributed by atoms with van der Waals surface area (Å²) in [6, 6.07) is 53.2. The molecule has 0 unspecified atom stereocenters. The van der Waals surface area contributed by atoms with Gasteiger partial charge in [-0.05, 0) is 108 Å². The van der Waals surface area contributed by atoms with Crippen LogP contribution in [0.3, 0.4) is 0 Å². The van der Waals surface area contributed by atoms with Gasteiger partial charge < -0.3 is 13.6 Å². The third-order valence-corrected chi connectivity index (χ3v) is 10.3. The maximum absolute atomic E-state index is 6.40. The number of rotatable bonds is 4. The molecule has 0 aliphatic heterocycles. The predicted molar refractivity (Wildman–Crippen MR) is 207 cm³/mol. The van der Waals surface area contributed by atoms with Crippen LogP contribution in [-0.4, -0.2) is 9.13 Å². The molecule has 0 fully saturated rings. The van der Waals surface area contributed by atoms with Gasteiger partial charge in [-0.25, -0.2) is 0 Å². The highest BCUT2D eigenvalue weighted by atomic mass is 16.3. The topological polar surface area (TPSA) is 23.0 Å². The number of aryl methyl sites for hydroxylation is 1. The van der Waals surface area contributed by atoms with Gasteiger partial charge in [-0.1, -0.05) is 86.1 Å². The number of nitrogens with zero attached hydrogens (tertiary/aromatic N) is 2. The summed E-state index contributed by atoms with van der Waals surface area (Å²) in [5.41, 5.74) is 13.9. The van der Waals surface area contributed by atoms with Crippen LogP contribution in [-0.2, 0) is 0 Å². The molecule has 10 aromatic rings. The van der Waals surface area contributed by atoms with E-state index >= 15 is 0 Å². The zero-order valence-corrected chi connectivity index (χ0v) is 27.7. The summed E-state index contributed by atoms with van der Waals surface area (Å²) in [7, 11) is 0. The van der Waals surface area contributed by atoms with E-state index in [1.165, 1.54) is 60.3 Å². The molecular weight excluding hydrogens is 597 g/mol. The first-order chi connectivity index (χ1) is 24.0. The number of benzene rings is 7. The average Bonchev–Trinajstić information content (AvgIpc) is 3.78. The molecule has 3 heteroatoms. The molecule has 0 aliphatic carbocycles. The molecule has 0 amide bonds. The van der Waals surface area contributed by atoms with Gasteiger partial charge in [0, 0.05) is 43.7 Å². The fourth-order valence-electron chi connectivity index (χ4n) is 7.90. The quantitative estimate of drug-likeness (QED) is 0.190. The molecule has 3 aromatic heterocycles. The van der Waals surface area contributed by atoms with Gasteiger partial charge in [0.25, 0.3) is 0 Å². The molecule has 234 valence electrons. The average molecular weight is 631 g/mol. The highest BCUT2D eigenvalue weighted by Crippen LogP contribution is 2.39. The van der Waals surface area contributed by atoms with E-state index in [2.05, 4.69) is 175 Å². The standard InChI is InChI=1S/C46H34N2O/c1-28(2)30-16-20-44-38(25-30)36-12-5-7-14-42(36)47(44)33-10-8-9-31(24-33)32-17-21-45-39(26-32)40-27-34(18-22-46(40)49-45)48-41-13-6-4-11-35(41)37-23-29(3)15-19-43(37)48/h4-28H,1-3H3. The van der Waals surface area contributed by atoms with Gasteiger partial charge in [-0.2, -0.15) is 0 Å². The van der Waals surface area contributed by atoms with Crippen molar-refractivity contribution in [3.63, 3.8) is 0 Å². The van der Waals surface area contributed by atoms with Gasteiger partial charge in [0.15, 0.2) is 0 Å². The lowest BCUT2D eigenvalue weighted by molar-refractivity contribution is 0.669. The number of hydrogen-bond acceptors (Lipinski definition) is 1. The van der Waals surface area contributed by atoms with E-state index in [-0.39, 0.29) is 0 Å². The van der Waals surface area contributed by atoms with E-state index in [9.17, 15) is 0 Å². The Balaban J connectivity index is 1.13. The van der Waals surface area contributed by atoms with Crippen molar-refractivity contribution in [3.8, 4) is 22.5 Å². The van der Waals surface area contributed by atoms with Crippen LogP contribution in [0.1, 0.15) is 30.9 Å². The first kappa shape index (κ1) is 28.0. The normalized spacial score (nSPS) is 12.2. The Labute approximate surface area is 284 Å². The number of hydrogen-bond donors (Lipinski definition) is 0. The molecule has 0 saturated heterocycles. The van der Waals surface area contributed by atoms with Crippen molar-refractivity contribution in [1.29, 1.82) is 0 Å². The van der Waals surface area contributed by atoms with Crippen LogP contribution in [0.25, 0.3) is 88.1 Å². The third kappa shape index (κ3) is 4.22. The Bertz CT molecular complexity index is 2930. The lowest BCUT2D eigenvalue weighted by Gasteiger charge is -2.11. The van der Waals surface area contributed by atoms with Gasteiger partial charge in [-0.3, -0.25) is 0 Å². The zero-order chi connectivity index (χ0) is 32.8. The van der Waals surface area contributed by atoms with Crippen LogP contribution in [0, 0.1) is 6.92 Å². The lowest BCUT2D eigenvalue weighted by atomic mass is 10.0. The minimum absolute atomic E-state index is 0.478. The van der Waals surface area contributed by atoms with Gasteiger partial charge in [-0.15, -0.1) is 0 Å². The molecule has 7 aromatic carbocycles. The van der Waals surface area contributed by atoms with Crippen LogP contribution in [0.2, 0.25) is 0 Å². The molecular formula is C46H34N2O. The van der Waals surface area contributed by atoms with Crippen molar-refractivity contribution in [2.75, 3.05) is 0 Å². The van der Waals surface area contributed by atoms with Gasteiger partial charge in [0.1, 0.15) is 11.2 Å². The number of para-hydroxylation sites is 2. The minimum atomic E-state index is 0.478. The van der Waals surface area contributed by atoms with Crippen molar-refractivity contribution in [2.45, 2.75) is 26.7 Å².